The maximum absolute atomic E-state index is 13.1. The molecule has 2 aliphatic carbocycles. The molecule has 1 amide bonds. The van der Waals surface area contributed by atoms with E-state index in [-0.39, 0.29) is 29.9 Å². The van der Waals surface area contributed by atoms with E-state index in [1.165, 1.54) is 51.2 Å². The number of halogens is 2. The quantitative estimate of drug-likeness (QED) is 0.674. The molecule has 0 aliphatic heterocycles. The molecule has 4 rings (SSSR count). The number of alkyl halides is 2. The van der Waals surface area contributed by atoms with Crippen LogP contribution in [0.15, 0.2) is 29.3 Å². The number of carbonyl (C=O) groups is 1. The predicted molar refractivity (Wildman–Crippen MR) is 118 cm³/mol. The fourth-order valence-corrected chi connectivity index (χ4v) is 4.84. The summed E-state index contributed by atoms with van der Waals surface area (Å²) in [5.74, 6) is -1.39. The zero-order valence-electron chi connectivity index (χ0n) is 18.6. The van der Waals surface area contributed by atoms with Gasteiger partial charge in [0.15, 0.2) is 5.43 Å². The SMILES string of the molecule is CC1(C)CCC(C2CCC(F)(F)CC2)CC1.CNC(=O)c1nccc2[nH]ccc(=O)c12. The summed E-state index contributed by atoms with van der Waals surface area (Å²) in [5, 5.41) is 2.77. The van der Waals surface area contributed by atoms with E-state index < -0.39 is 5.92 Å². The topological polar surface area (TPSA) is 74.8 Å². The van der Waals surface area contributed by atoms with E-state index in [0.717, 1.165) is 18.8 Å². The third-order valence-electron chi connectivity index (χ3n) is 6.93. The number of aromatic amines is 1. The van der Waals surface area contributed by atoms with Gasteiger partial charge < -0.3 is 10.3 Å². The molecule has 2 N–H and O–H groups in total. The molecule has 2 saturated carbocycles. The summed E-state index contributed by atoms with van der Waals surface area (Å²) in [4.78, 5) is 29.8. The molecule has 0 radical (unpaired) electrons. The van der Waals surface area contributed by atoms with Crippen molar-refractivity contribution in [2.45, 2.75) is 71.1 Å². The Bertz CT molecular complexity index is 919. The number of H-pyrrole nitrogens is 1. The van der Waals surface area contributed by atoms with Crippen LogP contribution in [-0.4, -0.2) is 28.8 Å². The highest BCUT2D eigenvalue weighted by molar-refractivity contribution is 6.03. The zero-order valence-corrected chi connectivity index (χ0v) is 18.6. The lowest BCUT2D eigenvalue weighted by Crippen LogP contribution is -2.31. The van der Waals surface area contributed by atoms with Crippen LogP contribution in [0.25, 0.3) is 10.9 Å². The number of amides is 1. The van der Waals surface area contributed by atoms with Gasteiger partial charge in [-0.05, 0) is 61.8 Å². The molecular formula is C24H33F2N3O2. The van der Waals surface area contributed by atoms with E-state index in [2.05, 4.69) is 29.1 Å². The second-order valence-electron chi connectivity index (χ2n) is 9.70. The lowest BCUT2D eigenvalue weighted by Gasteiger charge is -2.40. The number of fused-ring (bicyclic) bond motifs is 1. The van der Waals surface area contributed by atoms with Crippen molar-refractivity contribution >= 4 is 16.8 Å². The van der Waals surface area contributed by atoms with Crippen LogP contribution in [0.5, 0.6) is 0 Å². The standard InChI is InChI=1S/C14H24F2.C10H9N3O2/c1-13(2)7-3-11(4-8-13)12-5-9-14(15,16)10-6-12;1-11-10(15)9-8-6(2-4-13-9)12-5-3-7(8)14/h11-12H,3-10H2,1-2H3;2-5H,1H3,(H,11,15)(H,12,14). The van der Waals surface area contributed by atoms with Gasteiger partial charge in [-0.25, -0.2) is 8.78 Å². The highest BCUT2D eigenvalue weighted by atomic mass is 19.3. The molecule has 5 nitrogen and oxygen atoms in total. The normalized spacial score (nSPS) is 21.2. The van der Waals surface area contributed by atoms with Crippen molar-refractivity contribution in [2.75, 3.05) is 7.05 Å². The Hall–Kier alpha value is -2.31. The first-order valence-electron chi connectivity index (χ1n) is 11.2. The first-order valence-corrected chi connectivity index (χ1v) is 11.2. The van der Waals surface area contributed by atoms with Gasteiger partial charge in [-0.1, -0.05) is 13.8 Å². The highest BCUT2D eigenvalue weighted by Gasteiger charge is 2.39. The van der Waals surface area contributed by atoms with Crippen LogP contribution < -0.4 is 10.7 Å². The summed E-state index contributed by atoms with van der Waals surface area (Å²) in [6.07, 6.45) is 9.92. The Kier molecular flexibility index (Phi) is 7.12. The average Bonchev–Trinajstić information content (AvgIpc) is 2.74. The first-order chi connectivity index (χ1) is 14.6. The van der Waals surface area contributed by atoms with Crippen LogP contribution in [0, 0.1) is 17.3 Å². The first kappa shape index (κ1) is 23.4. The number of nitrogens with zero attached hydrogens (tertiary/aromatic N) is 1. The molecule has 0 atom stereocenters. The summed E-state index contributed by atoms with van der Waals surface area (Å²) in [5.41, 5.74) is 1.04. The van der Waals surface area contributed by atoms with Gasteiger partial charge in [-0.3, -0.25) is 14.6 Å². The maximum Gasteiger partial charge on any atom is 0.270 e. The number of nitrogens with one attached hydrogen (secondary N) is 2. The van der Waals surface area contributed by atoms with E-state index in [4.69, 9.17) is 0 Å². The maximum atomic E-state index is 13.1. The summed E-state index contributed by atoms with van der Waals surface area (Å²) < 4.78 is 26.1. The van der Waals surface area contributed by atoms with Gasteiger partial charge in [0.2, 0.25) is 5.92 Å². The second-order valence-corrected chi connectivity index (χ2v) is 9.70. The van der Waals surface area contributed by atoms with Gasteiger partial charge >= 0.3 is 0 Å². The van der Waals surface area contributed by atoms with E-state index in [1.54, 1.807) is 6.07 Å². The van der Waals surface area contributed by atoms with Crippen LogP contribution in [-0.2, 0) is 0 Å². The summed E-state index contributed by atoms with van der Waals surface area (Å²) in [7, 11) is 1.50. The zero-order chi connectivity index (χ0) is 22.6. The van der Waals surface area contributed by atoms with Crippen molar-refractivity contribution < 1.29 is 13.6 Å². The van der Waals surface area contributed by atoms with Gasteiger partial charge in [0.05, 0.1) is 10.9 Å². The molecule has 2 heterocycles. The minimum atomic E-state index is -2.36. The fourth-order valence-electron chi connectivity index (χ4n) is 4.84. The summed E-state index contributed by atoms with van der Waals surface area (Å²) >= 11 is 0. The van der Waals surface area contributed by atoms with Crippen molar-refractivity contribution in [3.63, 3.8) is 0 Å². The molecule has 2 aromatic heterocycles. The lowest BCUT2D eigenvalue weighted by atomic mass is 9.66. The number of carbonyl (C=O) groups excluding carboxylic acids is 1. The predicted octanol–water partition coefficient (Wildman–Crippen LogP) is 5.31. The van der Waals surface area contributed by atoms with Crippen molar-refractivity contribution in [3.8, 4) is 0 Å². The van der Waals surface area contributed by atoms with Gasteiger partial charge in [0, 0.05) is 38.3 Å². The number of hydrogen-bond donors (Lipinski definition) is 2. The summed E-state index contributed by atoms with van der Waals surface area (Å²) in [6.45, 7) is 4.66. The van der Waals surface area contributed by atoms with Crippen LogP contribution in [0.1, 0.15) is 75.7 Å². The Morgan fingerprint density at radius 3 is 2.23 bits per heavy atom. The molecule has 0 unspecified atom stereocenters. The van der Waals surface area contributed by atoms with E-state index in [1.807, 2.05) is 0 Å². The van der Waals surface area contributed by atoms with E-state index >= 15 is 0 Å². The molecule has 0 spiro atoms. The van der Waals surface area contributed by atoms with Gasteiger partial charge in [0.25, 0.3) is 5.91 Å². The van der Waals surface area contributed by atoms with Gasteiger partial charge in [-0.2, -0.15) is 0 Å². The van der Waals surface area contributed by atoms with Gasteiger partial charge in [-0.15, -0.1) is 0 Å². The lowest BCUT2D eigenvalue weighted by molar-refractivity contribution is -0.0561. The Morgan fingerprint density at radius 2 is 1.65 bits per heavy atom. The number of hydrogen-bond acceptors (Lipinski definition) is 3. The van der Waals surface area contributed by atoms with Crippen molar-refractivity contribution in [3.05, 3.63) is 40.4 Å². The number of aromatic nitrogens is 2. The van der Waals surface area contributed by atoms with Gasteiger partial charge in [0.1, 0.15) is 5.69 Å². The largest absolute Gasteiger partial charge is 0.361 e. The third kappa shape index (κ3) is 5.89. The molecule has 0 aromatic carbocycles. The summed E-state index contributed by atoms with van der Waals surface area (Å²) in [6, 6.07) is 3.03. The van der Waals surface area contributed by atoms with Crippen LogP contribution in [0.2, 0.25) is 0 Å². The minimum absolute atomic E-state index is 0.136. The second kappa shape index (κ2) is 9.45. The number of rotatable bonds is 2. The molecule has 2 aromatic rings. The van der Waals surface area contributed by atoms with Crippen LogP contribution in [0.4, 0.5) is 8.78 Å². The molecule has 31 heavy (non-hydrogen) atoms. The fraction of sp³-hybridized carbons (Fsp3) is 0.625. The molecule has 7 heteroatoms. The van der Waals surface area contributed by atoms with Crippen molar-refractivity contribution in [2.24, 2.45) is 17.3 Å². The Balaban J connectivity index is 0.000000176. The molecule has 0 saturated heterocycles. The van der Waals surface area contributed by atoms with Crippen LogP contribution >= 0.6 is 0 Å². The van der Waals surface area contributed by atoms with Crippen molar-refractivity contribution in [1.82, 2.24) is 15.3 Å². The van der Waals surface area contributed by atoms with E-state index in [0.29, 0.717) is 22.2 Å². The number of pyridine rings is 2. The molecule has 2 fully saturated rings. The van der Waals surface area contributed by atoms with Crippen molar-refractivity contribution in [1.29, 1.82) is 0 Å². The van der Waals surface area contributed by atoms with Crippen LogP contribution in [0.3, 0.4) is 0 Å². The third-order valence-corrected chi connectivity index (χ3v) is 6.93. The molecule has 0 bridgehead atoms. The molecular weight excluding hydrogens is 400 g/mol. The highest BCUT2D eigenvalue weighted by Crippen LogP contribution is 2.46. The monoisotopic (exact) mass is 433 g/mol. The Morgan fingerprint density at radius 1 is 1.06 bits per heavy atom. The Labute approximate surface area is 182 Å². The molecule has 2 aliphatic rings. The van der Waals surface area contributed by atoms with E-state index in [9.17, 15) is 18.4 Å². The smallest absolute Gasteiger partial charge is 0.270 e. The molecule has 170 valence electrons. The average molecular weight is 434 g/mol. The minimum Gasteiger partial charge on any atom is -0.361 e.